The normalized spacial score (nSPS) is 13.7. The van der Waals surface area contributed by atoms with Crippen molar-refractivity contribution in [3.8, 4) is 11.3 Å². The lowest BCUT2D eigenvalue weighted by Gasteiger charge is -2.37. The Balaban J connectivity index is 1.34. The van der Waals surface area contributed by atoms with Crippen LogP contribution in [0.5, 0.6) is 0 Å². The van der Waals surface area contributed by atoms with E-state index in [1.54, 1.807) is 4.68 Å². The first kappa shape index (κ1) is 32.1. The number of amides is 2. The third-order valence-corrected chi connectivity index (χ3v) is 11.3. The Morgan fingerprint density at radius 1 is 0.750 bits per heavy atom. The highest BCUT2D eigenvalue weighted by atomic mass is 127. The minimum absolute atomic E-state index is 0.124. The Morgan fingerprint density at radius 2 is 1.37 bits per heavy atom. The molecule has 8 nitrogen and oxygen atoms in total. The molecule has 0 saturated carbocycles. The van der Waals surface area contributed by atoms with E-state index < -0.39 is 5.54 Å². The van der Waals surface area contributed by atoms with Crippen LogP contribution in [0, 0.1) is 3.57 Å². The molecule has 1 atom stereocenters. The molecule has 9 heteroatoms. The number of urea groups is 1. The van der Waals surface area contributed by atoms with Crippen LogP contribution in [-0.4, -0.2) is 35.7 Å². The van der Waals surface area contributed by atoms with Gasteiger partial charge < -0.3 is 10.2 Å². The molecular weight excluding hydrogens is 757 g/mol. The van der Waals surface area contributed by atoms with Gasteiger partial charge in [0, 0.05) is 27.3 Å². The standard InChI is InChI=1S/C43H34IN7O/c1-28(34-20-12-13-21-36(34)44)50-27-30-24-35-39(26-38(30)45-42(50)52)51(47-41(35)29-22-23-37-40(25-29)49(2)48-46-37)43(31-14-6-3-7-15-31,32-16-8-4-9-17-32)33-18-10-5-11-19-33/h3-26,28H,27H2,1-2H3,(H,45,52). The molecule has 0 radical (unpaired) electrons. The number of anilines is 1. The summed E-state index contributed by atoms with van der Waals surface area (Å²) in [6.45, 7) is 2.55. The number of rotatable bonds is 7. The van der Waals surface area contributed by atoms with Crippen molar-refractivity contribution < 1.29 is 4.79 Å². The molecule has 52 heavy (non-hydrogen) atoms. The quantitative estimate of drug-likeness (QED) is 0.129. The van der Waals surface area contributed by atoms with E-state index in [2.05, 4.69) is 159 Å². The Hall–Kier alpha value is -5.81. The summed E-state index contributed by atoms with van der Waals surface area (Å²) in [7, 11) is 1.91. The van der Waals surface area contributed by atoms with Crippen LogP contribution < -0.4 is 5.32 Å². The summed E-state index contributed by atoms with van der Waals surface area (Å²) >= 11 is 2.35. The molecule has 0 spiro atoms. The van der Waals surface area contributed by atoms with Gasteiger partial charge in [-0.15, -0.1) is 5.10 Å². The van der Waals surface area contributed by atoms with Gasteiger partial charge in [-0.2, -0.15) is 5.10 Å². The summed E-state index contributed by atoms with van der Waals surface area (Å²) in [5.41, 5.74) is 9.68. The van der Waals surface area contributed by atoms with Gasteiger partial charge in [-0.05, 0) is 87.7 Å². The largest absolute Gasteiger partial charge is 0.322 e. The van der Waals surface area contributed by atoms with Crippen LogP contribution >= 0.6 is 22.6 Å². The highest BCUT2D eigenvalue weighted by Gasteiger charge is 2.41. The Morgan fingerprint density at radius 3 is 2.00 bits per heavy atom. The number of nitrogens with zero attached hydrogens (tertiary/aromatic N) is 6. The zero-order valence-electron chi connectivity index (χ0n) is 28.6. The highest BCUT2D eigenvalue weighted by molar-refractivity contribution is 14.1. The van der Waals surface area contributed by atoms with E-state index in [0.29, 0.717) is 6.54 Å². The summed E-state index contributed by atoms with van der Waals surface area (Å²) in [5, 5.41) is 18.5. The molecule has 0 aliphatic carbocycles. The zero-order valence-corrected chi connectivity index (χ0v) is 30.8. The average Bonchev–Trinajstić information content (AvgIpc) is 3.75. The second-order valence-electron chi connectivity index (χ2n) is 13.3. The van der Waals surface area contributed by atoms with Gasteiger partial charge in [-0.25, -0.2) is 14.2 Å². The van der Waals surface area contributed by atoms with E-state index in [1.807, 2.05) is 48.3 Å². The van der Waals surface area contributed by atoms with Gasteiger partial charge in [0.05, 0.1) is 23.6 Å². The van der Waals surface area contributed by atoms with E-state index in [-0.39, 0.29) is 12.1 Å². The molecule has 2 aromatic heterocycles. The molecule has 1 aliphatic rings. The fourth-order valence-corrected chi connectivity index (χ4v) is 8.58. The van der Waals surface area contributed by atoms with Crippen LogP contribution in [0.25, 0.3) is 33.2 Å². The summed E-state index contributed by atoms with van der Waals surface area (Å²) in [4.78, 5) is 15.8. The number of carbonyl (C=O) groups excluding carboxylic acids is 1. The fraction of sp³-hybridized carbons (Fsp3) is 0.116. The maximum atomic E-state index is 13.9. The zero-order chi connectivity index (χ0) is 35.4. The maximum Gasteiger partial charge on any atom is 0.322 e. The van der Waals surface area contributed by atoms with Crippen LogP contribution in [-0.2, 0) is 19.1 Å². The minimum Gasteiger partial charge on any atom is -0.313 e. The molecule has 1 N–H and O–H groups in total. The van der Waals surface area contributed by atoms with Crippen molar-refractivity contribution in [2.75, 3.05) is 5.32 Å². The van der Waals surface area contributed by atoms with Gasteiger partial charge in [0.2, 0.25) is 0 Å². The predicted octanol–water partition coefficient (Wildman–Crippen LogP) is 9.54. The van der Waals surface area contributed by atoms with Crippen molar-refractivity contribution in [2.45, 2.75) is 25.0 Å². The molecule has 1 unspecified atom stereocenters. The average molecular weight is 792 g/mol. The van der Waals surface area contributed by atoms with Crippen molar-refractivity contribution in [1.29, 1.82) is 0 Å². The van der Waals surface area contributed by atoms with Crippen molar-refractivity contribution >= 4 is 56.2 Å². The van der Waals surface area contributed by atoms with Gasteiger partial charge in [-0.1, -0.05) is 120 Å². The lowest BCUT2D eigenvalue weighted by atomic mass is 9.77. The monoisotopic (exact) mass is 791 g/mol. The van der Waals surface area contributed by atoms with Gasteiger partial charge in [0.15, 0.2) is 0 Å². The topological polar surface area (TPSA) is 80.9 Å². The second kappa shape index (κ2) is 12.8. The molecule has 8 aromatic rings. The van der Waals surface area contributed by atoms with Crippen LogP contribution in [0.3, 0.4) is 0 Å². The van der Waals surface area contributed by atoms with Crippen LogP contribution in [0.4, 0.5) is 10.5 Å². The van der Waals surface area contributed by atoms with E-state index in [1.165, 1.54) is 0 Å². The number of carbonyl (C=O) groups is 1. The third-order valence-electron chi connectivity index (χ3n) is 10.3. The van der Waals surface area contributed by atoms with Crippen molar-refractivity contribution in [3.63, 3.8) is 0 Å². The number of hydrogen-bond acceptors (Lipinski definition) is 4. The van der Waals surface area contributed by atoms with E-state index in [4.69, 9.17) is 5.10 Å². The highest BCUT2D eigenvalue weighted by Crippen LogP contribution is 2.46. The van der Waals surface area contributed by atoms with E-state index in [9.17, 15) is 4.79 Å². The molecule has 0 fully saturated rings. The SMILES string of the molecule is CC(c1ccccc1I)N1Cc2cc3c(-c4ccc5nnn(C)c5c4)nn(C(c4ccccc4)(c4ccccc4)c4ccccc4)c3cc2NC1=O. The van der Waals surface area contributed by atoms with E-state index >= 15 is 0 Å². The first-order valence-corrected chi connectivity index (χ1v) is 18.4. The first-order valence-electron chi connectivity index (χ1n) is 17.3. The van der Waals surface area contributed by atoms with Gasteiger partial charge in [-0.3, -0.25) is 0 Å². The third kappa shape index (κ3) is 5.10. The maximum absolute atomic E-state index is 13.9. The van der Waals surface area contributed by atoms with Crippen LogP contribution in [0.15, 0.2) is 146 Å². The Kier molecular flexibility index (Phi) is 7.88. The predicted molar refractivity (Wildman–Crippen MR) is 214 cm³/mol. The molecule has 1 aliphatic heterocycles. The van der Waals surface area contributed by atoms with Gasteiger partial charge >= 0.3 is 6.03 Å². The lowest BCUT2D eigenvalue weighted by Crippen LogP contribution is -2.40. The van der Waals surface area contributed by atoms with Gasteiger partial charge in [0.25, 0.3) is 0 Å². The number of benzene rings is 6. The first-order chi connectivity index (χ1) is 25.4. The molecular formula is C43H34IN7O. The summed E-state index contributed by atoms with van der Waals surface area (Å²) < 4.78 is 5.09. The molecule has 6 aromatic carbocycles. The summed E-state index contributed by atoms with van der Waals surface area (Å²) in [6.07, 6.45) is 0. The van der Waals surface area contributed by atoms with Crippen LogP contribution in [0.2, 0.25) is 0 Å². The van der Waals surface area contributed by atoms with E-state index in [0.717, 1.165) is 70.3 Å². The second-order valence-corrected chi connectivity index (χ2v) is 14.4. The Bertz CT molecular complexity index is 2500. The number of aryl methyl sites for hydroxylation is 1. The molecule has 0 bridgehead atoms. The van der Waals surface area contributed by atoms with Crippen molar-refractivity contribution in [1.82, 2.24) is 29.7 Å². The van der Waals surface area contributed by atoms with Crippen LogP contribution in [0.1, 0.15) is 40.8 Å². The number of nitrogens with one attached hydrogen (secondary N) is 1. The summed E-state index contributed by atoms with van der Waals surface area (Å²) in [5.74, 6) is 0. The molecule has 2 amide bonds. The smallest absolute Gasteiger partial charge is 0.313 e. The van der Waals surface area contributed by atoms with Crippen molar-refractivity contribution in [3.05, 3.63) is 177 Å². The molecule has 9 rings (SSSR count). The number of fused-ring (bicyclic) bond motifs is 3. The number of aromatic nitrogens is 5. The van der Waals surface area contributed by atoms with Crippen molar-refractivity contribution in [2.24, 2.45) is 7.05 Å². The molecule has 3 heterocycles. The molecule has 254 valence electrons. The number of hydrogen-bond donors (Lipinski definition) is 1. The fourth-order valence-electron chi connectivity index (χ4n) is 7.74. The van der Waals surface area contributed by atoms with Gasteiger partial charge in [0.1, 0.15) is 16.7 Å². The molecule has 0 saturated heterocycles. The lowest BCUT2D eigenvalue weighted by molar-refractivity contribution is 0.186. The minimum atomic E-state index is -0.865. The Labute approximate surface area is 314 Å². The number of halogens is 1. The summed E-state index contributed by atoms with van der Waals surface area (Å²) in [6, 6.07) is 50.2.